The SMILES string of the molecule is CC1=CC(=C2C(=O)NC(=O)NC2=O)C=C(C(F)(F)F)N1Cc1ccco1. The number of allylic oxidation sites excluding steroid dienone is 5. The van der Waals surface area contributed by atoms with Gasteiger partial charge >= 0.3 is 12.2 Å². The van der Waals surface area contributed by atoms with Crippen molar-refractivity contribution in [3.8, 4) is 0 Å². The van der Waals surface area contributed by atoms with Crippen molar-refractivity contribution >= 4 is 17.8 Å². The summed E-state index contributed by atoms with van der Waals surface area (Å²) in [4.78, 5) is 35.9. The second-order valence-electron chi connectivity index (χ2n) is 5.55. The fourth-order valence-electron chi connectivity index (χ4n) is 2.64. The smallest absolute Gasteiger partial charge is 0.431 e. The number of carbonyl (C=O) groups is 3. The minimum Gasteiger partial charge on any atom is -0.467 e. The molecule has 26 heavy (non-hydrogen) atoms. The van der Waals surface area contributed by atoms with E-state index in [0.29, 0.717) is 11.8 Å². The van der Waals surface area contributed by atoms with E-state index >= 15 is 0 Å². The number of nitrogens with one attached hydrogen (secondary N) is 2. The Bertz CT molecular complexity index is 857. The van der Waals surface area contributed by atoms with Crippen LogP contribution >= 0.6 is 0 Å². The van der Waals surface area contributed by atoms with Crippen LogP contribution in [-0.4, -0.2) is 28.9 Å². The van der Waals surface area contributed by atoms with E-state index in [1.54, 1.807) is 6.07 Å². The topological polar surface area (TPSA) is 91.7 Å². The van der Waals surface area contributed by atoms with Crippen molar-refractivity contribution in [3.05, 3.63) is 58.8 Å². The molecule has 2 aliphatic heterocycles. The zero-order valence-corrected chi connectivity index (χ0v) is 13.3. The number of alkyl halides is 3. The number of hydrogen-bond donors (Lipinski definition) is 2. The van der Waals surface area contributed by atoms with Crippen molar-refractivity contribution in [2.24, 2.45) is 0 Å². The van der Waals surface area contributed by atoms with Gasteiger partial charge in [-0.05, 0) is 36.8 Å². The molecule has 0 aromatic carbocycles. The Hall–Kier alpha value is -3.30. The number of rotatable bonds is 2. The van der Waals surface area contributed by atoms with Crippen LogP contribution in [0.4, 0.5) is 18.0 Å². The quantitative estimate of drug-likeness (QED) is 0.617. The maximum atomic E-state index is 13.5. The normalized spacial score (nSPS) is 18.5. The molecule has 1 aromatic heterocycles. The van der Waals surface area contributed by atoms with Gasteiger partial charge < -0.3 is 9.32 Å². The number of amides is 4. The Kier molecular flexibility index (Phi) is 4.18. The number of hydrogen-bond acceptors (Lipinski definition) is 5. The molecule has 2 aliphatic rings. The summed E-state index contributed by atoms with van der Waals surface area (Å²) in [5, 5.41) is 3.67. The minimum atomic E-state index is -4.74. The summed E-state index contributed by atoms with van der Waals surface area (Å²) in [6, 6.07) is 2.06. The maximum Gasteiger partial charge on any atom is 0.431 e. The summed E-state index contributed by atoms with van der Waals surface area (Å²) >= 11 is 0. The second-order valence-corrected chi connectivity index (χ2v) is 5.55. The highest BCUT2D eigenvalue weighted by Crippen LogP contribution is 2.37. The summed E-state index contributed by atoms with van der Waals surface area (Å²) in [6.07, 6.45) is -1.44. The molecule has 0 bridgehead atoms. The highest BCUT2D eigenvalue weighted by molar-refractivity contribution is 6.29. The first-order valence-electron chi connectivity index (χ1n) is 7.35. The van der Waals surface area contributed by atoms with Crippen LogP contribution in [0.25, 0.3) is 0 Å². The molecular weight excluding hydrogens is 355 g/mol. The molecule has 0 aliphatic carbocycles. The Labute approximate surface area is 144 Å². The molecule has 0 radical (unpaired) electrons. The van der Waals surface area contributed by atoms with Gasteiger partial charge in [-0.25, -0.2) is 4.79 Å². The molecule has 3 heterocycles. The van der Waals surface area contributed by atoms with Gasteiger partial charge in [0, 0.05) is 5.70 Å². The minimum absolute atomic E-state index is 0.149. The average Bonchev–Trinajstić information content (AvgIpc) is 3.00. The van der Waals surface area contributed by atoms with Gasteiger partial charge in [0.05, 0.1) is 12.8 Å². The van der Waals surface area contributed by atoms with E-state index in [1.165, 1.54) is 25.3 Å². The van der Waals surface area contributed by atoms with Crippen LogP contribution in [0.2, 0.25) is 0 Å². The first-order valence-corrected chi connectivity index (χ1v) is 7.35. The maximum absolute atomic E-state index is 13.5. The third kappa shape index (κ3) is 3.25. The zero-order valence-electron chi connectivity index (χ0n) is 13.3. The third-order valence-electron chi connectivity index (χ3n) is 3.75. The van der Waals surface area contributed by atoms with E-state index in [1.807, 2.05) is 10.6 Å². The molecule has 3 rings (SSSR count). The summed E-state index contributed by atoms with van der Waals surface area (Å²) in [5.74, 6) is -1.81. The van der Waals surface area contributed by atoms with Gasteiger partial charge in [0.1, 0.15) is 17.0 Å². The van der Waals surface area contributed by atoms with Crippen molar-refractivity contribution < 1.29 is 32.0 Å². The number of halogens is 3. The van der Waals surface area contributed by atoms with Gasteiger partial charge in [0.2, 0.25) is 0 Å². The number of imide groups is 2. The lowest BCUT2D eigenvalue weighted by Crippen LogP contribution is -2.52. The summed E-state index contributed by atoms with van der Waals surface area (Å²) in [6.45, 7) is 1.23. The van der Waals surface area contributed by atoms with E-state index in [9.17, 15) is 27.6 Å². The molecule has 2 N–H and O–H groups in total. The predicted octanol–water partition coefficient (Wildman–Crippen LogP) is 2.11. The molecule has 1 aromatic rings. The molecule has 7 nitrogen and oxygen atoms in total. The highest BCUT2D eigenvalue weighted by atomic mass is 19.4. The Morgan fingerprint density at radius 2 is 1.77 bits per heavy atom. The van der Waals surface area contributed by atoms with Crippen molar-refractivity contribution in [1.82, 2.24) is 15.5 Å². The van der Waals surface area contributed by atoms with Gasteiger partial charge in [-0.3, -0.25) is 20.2 Å². The Morgan fingerprint density at radius 1 is 1.12 bits per heavy atom. The van der Waals surface area contributed by atoms with Crippen LogP contribution < -0.4 is 10.6 Å². The van der Waals surface area contributed by atoms with Crippen LogP contribution in [-0.2, 0) is 16.1 Å². The van der Waals surface area contributed by atoms with Gasteiger partial charge in [0.15, 0.2) is 0 Å². The molecule has 1 saturated heterocycles. The first-order chi connectivity index (χ1) is 12.2. The third-order valence-corrected chi connectivity index (χ3v) is 3.75. The number of urea groups is 1. The summed E-state index contributed by atoms with van der Waals surface area (Å²) in [5.41, 5.74) is -1.72. The van der Waals surface area contributed by atoms with Crippen molar-refractivity contribution in [3.63, 3.8) is 0 Å². The molecule has 136 valence electrons. The van der Waals surface area contributed by atoms with Gasteiger partial charge in [0.25, 0.3) is 11.8 Å². The van der Waals surface area contributed by atoms with E-state index in [-0.39, 0.29) is 17.8 Å². The lowest BCUT2D eigenvalue weighted by molar-refractivity contribution is -0.124. The van der Waals surface area contributed by atoms with Crippen LogP contribution in [0.1, 0.15) is 12.7 Å². The zero-order chi connectivity index (χ0) is 19.1. The molecule has 0 atom stereocenters. The predicted molar refractivity (Wildman–Crippen MR) is 80.9 cm³/mol. The van der Waals surface area contributed by atoms with E-state index < -0.39 is 35.3 Å². The van der Waals surface area contributed by atoms with Crippen LogP contribution in [0.3, 0.4) is 0 Å². The molecule has 0 spiro atoms. The number of barbiturate groups is 1. The lowest BCUT2D eigenvalue weighted by Gasteiger charge is -2.32. The fraction of sp³-hybridized carbons (Fsp3) is 0.188. The van der Waals surface area contributed by atoms with Gasteiger partial charge in [-0.15, -0.1) is 0 Å². The van der Waals surface area contributed by atoms with Crippen molar-refractivity contribution in [2.75, 3.05) is 0 Å². The number of nitrogens with zero attached hydrogens (tertiary/aromatic N) is 1. The largest absolute Gasteiger partial charge is 0.467 e. The fourth-order valence-corrected chi connectivity index (χ4v) is 2.64. The standard InChI is InChI=1S/C16H12F3N3O4/c1-8-5-9(12-13(23)20-15(25)21-14(12)24)6-11(16(17,18)19)22(8)7-10-3-2-4-26-10/h2-6H,7H2,1H3,(H2,20,21,23,24,25). The van der Waals surface area contributed by atoms with E-state index in [4.69, 9.17) is 4.42 Å². The highest BCUT2D eigenvalue weighted by Gasteiger charge is 2.41. The molecule has 0 saturated carbocycles. The first kappa shape index (κ1) is 17.5. The van der Waals surface area contributed by atoms with E-state index in [0.717, 1.165) is 4.90 Å². The van der Waals surface area contributed by atoms with Crippen molar-refractivity contribution in [1.29, 1.82) is 0 Å². The molecular formula is C16H12F3N3O4. The van der Waals surface area contributed by atoms with Crippen molar-refractivity contribution in [2.45, 2.75) is 19.6 Å². The average molecular weight is 367 g/mol. The Balaban J connectivity index is 2.07. The van der Waals surface area contributed by atoms with E-state index in [2.05, 4.69) is 0 Å². The summed E-state index contributed by atoms with van der Waals surface area (Å²) < 4.78 is 45.7. The van der Waals surface area contributed by atoms with Crippen LogP contribution in [0.5, 0.6) is 0 Å². The summed E-state index contributed by atoms with van der Waals surface area (Å²) in [7, 11) is 0. The monoisotopic (exact) mass is 367 g/mol. The molecule has 10 heteroatoms. The number of furan rings is 1. The molecule has 0 unspecified atom stereocenters. The van der Waals surface area contributed by atoms with Gasteiger partial charge in [-0.1, -0.05) is 0 Å². The lowest BCUT2D eigenvalue weighted by atomic mass is 9.99. The van der Waals surface area contributed by atoms with Crippen LogP contribution in [0, 0.1) is 0 Å². The van der Waals surface area contributed by atoms with Crippen LogP contribution in [0.15, 0.2) is 57.5 Å². The molecule has 1 fully saturated rings. The molecule has 4 amide bonds. The Morgan fingerprint density at radius 3 is 2.31 bits per heavy atom. The number of carbonyl (C=O) groups excluding carboxylic acids is 3. The second kappa shape index (κ2) is 6.21. The van der Waals surface area contributed by atoms with Gasteiger partial charge in [-0.2, -0.15) is 13.2 Å².